The van der Waals surface area contributed by atoms with Gasteiger partial charge >= 0.3 is 0 Å². The van der Waals surface area contributed by atoms with Crippen LogP contribution in [0, 0.1) is 0 Å². The highest BCUT2D eigenvalue weighted by atomic mass is 16.1. The maximum Gasteiger partial charge on any atom is 0.254 e. The molecule has 3 rings (SSSR count). The molecule has 0 unspecified atom stereocenters. The molecule has 5 nitrogen and oxygen atoms in total. The van der Waals surface area contributed by atoms with Gasteiger partial charge in [-0.3, -0.25) is 14.4 Å². The van der Waals surface area contributed by atoms with E-state index < -0.39 is 0 Å². The molecule has 1 N–H and O–H groups in total. The number of amides is 1. The van der Waals surface area contributed by atoms with Crippen molar-refractivity contribution in [3.63, 3.8) is 0 Å². The van der Waals surface area contributed by atoms with E-state index in [1.54, 1.807) is 6.20 Å². The van der Waals surface area contributed by atoms with Crippen LogP contribution < -0.4 is 5.32 Å². The first kappa shape index (κ1) is 19.6. The van der Waals surface area contributed by atoms with Gasteiger partial charge in [0.2, 0.25) is 0 Å². The third-order valence-corrected chi connectivity index (χ3v) is 5.60. The highest BCUT2D eigenvalue weighted by Gasteiger charge is 2.29. The highest BCUT2D eigenvalue weighted by molar-refractivity contribution is 5.95. The van der Waals surface area contributed by atoms with Crippen molar-refractivity contribution in [3.8, 4) is 0 Å². The molecular formula is C22H32N4O. The van der Waals surface area contributed by atoms with Gasteiger partial charge in [-0.2, -0.15) is 5.10 Å². The van der Waals surface area contributed by atoms with Crippen LogP contribution in [-0.2, 0) is 13.0 Å². The lowest BCUT2D eigenvalue weighted by Crippen LogP contribution is -2.53. The van der Waals surface area contributed by atoms with E-state index in [1.807, 2.05) is 22.9 Å². The van der Waals surface area contributed by atoms with E-state index in [-0.39, 0.29) is 11.4 Å². The Morgan fingerprint density at radius 3 is 2.52 bits per heavy atom. The fourth-order valence-corrected chi connectivity index (χ4v) is 3.87. The Kier molecular flexibility index (Phi) is 6.32. The summed E-state index contributed by atoms with van der Waals surface area (Å²) < 4.78 is 1.94. The number of likely N-dealkylation sites (tertiary alicyclic amines) is 1. The third kappa shape index (κ3) is 4.78. The van der Waals surface area contributed by atoms with Crippen molar-refractivity contribution in [1.29, 1.82) is 0 Å². The number of carbonyl (C=O) groups excluding carboxylic acids is 1. The number of nitrogens with zero attached hydrogens (tertiary/aromatic N) is 3. The van der Waals surface area contributed by atoms with Crippen LogP contribution in [0.3, 0.4) is 0 Å². The van der Waals surface area contributed by atoms with Crippen LogP contribution in [0.25, 0.3) is 0 Å². The number of benzene rings is 1. The minimum atomic E-state index is -0.0253. The summed E-state index contributed by atoms with van der Waals surface area (Å²) in [7, 11) is 0. The van der Waals surface area contributed by atoms with Crippen LogP contribution in [0.1, 0.15) is 61.6 Å². The molecule has 5 heteroatoms. The summed E-state index contributed by atoms with van der Waals surface area (Å²) in [6.45, 7) is 10.1. The zero-order valence-corrected chi connectivity index (χ0v) is 16.9. The SMILES string of the molecule is CCc1c(C(=O)NCC(C)(C)N2CCCCC2)cnn1Cc1ccccc1. The molecule has 0 bridgehead atoms. The molecular weight excluding hydrogens is 336 g/mol. The Bertz CT molecular complexity index is 745. The Morgan fingerprint density at radius 2 is 1.85 bits per heavy atom. The first-order valence-electron chi connectivity index (χ1n) is 10.1. The fourth-order valence-electron chi connectivity index (χ4n) is 3.87. The van der Waals surface area contributed by atoms with E-state index in [2.05, 4.69) is 48.2 Å². The van der Waals surface area contributed by atoms with Crippen molar-refractivity contribution in [3.05, 3.63) is 53.3 Å². The van der Waals surface area contributed by atoms with Gasteiger partial charge in [0.1, 0.15) is 0 Å². The van der Waals surface area contributed by atoms with Crippen LogP contribution in [-0.4, -0.2) is 45.8 Å². The molecule has 1 saturated heterocycles. The number of hydrogen-bond acceptors (Lipinski definition) is 3. The van der Waals surface area contributed by atoms with Gasteiger partial charge in [0.05, 0.1) is 24.0 Å². The van der Waals surface area contributed by atoms with E-state index in [4.69, 9.17) is 0 Å². The Hall–Kier alpha value is -2.14. The van der Waals surface area contributed by atoms with Crippen molar-refractivity contribution in [2.75, 3.05) is 19.6 Å². The Morgan fingerprint density at radius 1 is 1.15 bits per heavy atom. The van der Waals surface area contributed by atoms with E-state index >= 15 is 0 Å². The molecule has 146 valence electrons. The molecule has 0 saturated carbocycles. The average molecular weight is 369 g/mol. The standard InChI is InChI=1S/C22H32N4O/c1-4-20-19(15-24-26(20)16-18-11-7-5-8-12-18)21(27)23-17-22(2,3)25-13-9-6-10-14-25/h5,7-8,11-12,15H,4,6,9-10,13-14,16-17H2,1-3H3,(H,23,27). The van der Waals surface area contributed by atoms with Crippen LogP contribution in [0.2, 0.25) is 0 Å². The second-order valence-electron chi connectivity index (χ2n) is 8.04. The van der Waals surface area contributed by atoms with Gasteiger partial charge in [0.25, 0.3) is 5.91 Å². The quantitative estimate of drug-likeness (QED) is 0.814. The first-order valence-corrected chi connectivity index (χ1v) is 10.1. The van der Waals surface area contributed by atoms with Gasteiger partial charge in [-0.1, -0.05) is 43.7 Å². The summed E-state index contributed by atoms with van der Waals surface area (Å²) in [5, 5.41) is 7.64. The number of nitrogens with one attached hydrogen (secondary N) is 1. The van der Waals surface area contributed by atoms with Crippen LogP contribution >= 0.6 is 0 Å². The van der Waals surface area contributed by atoms with E-state index in [0.29, 0.717) is 18.7 Å². The van der Waals surface area contributed by atoms with Gasteiger partial charge in [-0.25, -0.2) is 0 Å². The molecule has 2 heterocycles. The predicted octanol–water partition coefficient (Wildman–Crippen LogP) is 3.49. The maximum absolute atomic E-state index is 12.8. The summed E-state index contributed by atoms with van der Waals surface area (Å²) in [5.74, 6) is -0.0174. The topological polar surface area (TPSA) is 50.2 Å². The van der Waals surface area contributed by atoms with Gasteiger partial charge < -0.3 is 5.32 Å². The normalized spacial score (nSPS) is 15.7. The summed E-state index contributed by atoms with van der Waals surface area (Å²) >= 11 is 0. The number of carbonyl (C=O) groups is 1. The van der Waals surface area contributed by atoms with Crippen LogP contribution in [0.15, 0.2) is 36.5 Å². The molecule has 1 amide bonds. The molecule has 27 heavy (non-hydrogen) atoms. The van der Waals surface area contributed by atoms with Crippen molar-refractivity contribution >= 4 is 5.91 Å². The van der Waals surface area contributed by atoms with Crippen molar-refractivity contribution in [2.24, 2.45) is 0 Å². The average Bonchev–Trinajstić information content (AvgIpc) is 3.10. The van der Waals surface area contributed by atoms with E-state index in [9.17, 15) is 4.79 Å². The molecule has 0 atom stereocenters. The van der Waals surface area contributed by atoms with E-state index in [0.717, 1.165) is 25.2 Å². The van der Waals surface area contributed by atoms with Crippen LogP contribution in [0.5, 0.6) is 0 Å². The van der Waals surface area contributed by atoms with Crippen molar-refractivity contribution in [2.45, 2.75) is 58.5 Å². The number of rotatable bonds is 7. The molecule has 2 aromatic rings. The Labute approximate surface area is 162 Å². The maximum atomic E-state index is 12.8. The zero-order chi connectivity index (χ0) is 19.3. The third-order valence-electron chi connectivity index (χ3n) is 5.60. The first-order chi connectivity index (χ1) is 13.0. The molecule has 0 spiro atoms. The predicted molar refractivity (Wildman–Crippen MR) is 109 cm³/mol. The van der Waals surface area contributed by atoms with Gasteiger partial charge in [-0.05, 0) is 51.8 Å². The number of piperidine rings is 1. The van der Waals surface area contributed by atoms with Gasteiger partial charge in [0.15, 0.2) is 0 Å². The summed E-state index contributed by atoms with van der Waals surface area (Å²) in [6.07, 6.45) is 6.32. The fraction of sp³-hybridized carbons (Fsp3) is 0.545. The second kappa shape index (κ2) is 8.70. The van der Waals surface area contributed by atoms with Crippen molar-refractivity contribution < 1.29 is 4.79 Å². The van der Waals surface area contributed by atoms with E-state index in [1.165, 1.54) is 24.8 Å². The van der Waals surface area contributed by atoms with Gasteiger partial charge in [0, 0.05) is 12.1 Å². The van der Waals surface area contributed by atoms with Crippen LogP contribution in [0.4, 0.5) is 0 Å². The summed E-state index contributed by atoms with van der Waals surface area (Å²) in [6, 6.07) is 10.2. The molecule has 1 aromatic carbocycles. The molecule has 1 aliphatic rings. The molecule has 1 aliphatic heterocycles. The summed E-state index contributed by atoms with van der Waals surface area (Å²) in [4.78, 5) is 15.3. The highest BCUT2D eigenvalue weighted by Crippen LogP contribution is 2.20. The van der Waals surface area contributed by atoms with Crippen molar-refractivity contribution in [1.82, 2.24) is 20.0 Å². The largest absolute Gasteiger partial charge is 0.350 e. The number of aromatic nitrogens is 2. The summed E-state index contributed by atoms with van der Waals surface area (Å²) in [5.41, 5.74) is 2.85. The molecule has 1 fully saturated rings. The second-order valence-corrected chi connectivity index (χ2v) is 8.04. The zero-order valence-electron chi connectivity index (χ0n) is 16.9. The molecule has 1 aromatic heterocycles. The smallest absolute Gasteiger partial charge is 0.254 e. The lowest BCUT2D eigenvalue weighted by molar-refractivity contribution is 0.0797. The minimum Gasteiger partial charge on any atom is -0.350 e. The lowest BCUT2D eigenvalue weighted by Gasteiger charge is -2.41. The monoisotopic (exact) mass is 368 g/mol. The van der Waals surface area contributed by atoms with Gasteiger partial charge in [-0.15, -0.1) is 0 Å². The lowest BCUT2D eigenvalue weighted by atomic mass is 9.98. The molecule has 0 radical (unpaired) electrons. The number of hydrogen-bond donors (Lipinski definition) is 1. The molecule has 0 aliphatic carbocycles. The minimum absolute atomic E-state index is 0.0174. The Balaban J connectivity index is 1.66.